The highest BCUT2D eigenvalue weighted by Gasteiger charge is 2.12. The smallest absolute Gasteiger partial charge is 0.255 e. The van der Waals surface area contributed by atoms with Gasteiger partial charge in [-0.15, -0.1) is 0 Å². The number of oxazole rings is 1. The number of carbonyl (C=O) groups is 1. The number of amides is 1. The molecule has 0 bridgehead atoms. The van der Waals surface area contributed by atoms with Crippen LogP contribution in [0.2, 0.25) is 0 Å². The van der Waals surface area contributed by atoms with Gasteiger partial charge in [-0.3, -0.25) is 10.2 Å². The lowest BCUT2D eigenvalue weighted by Gasteiger charge is -2.06. The molecule has 0 fully saturated rings. The van der Waals surface area contributed by atoms with Gasteiger partial charge in [0.05, 0.1) is 6.20 Å². The highest BCUT2D eigenvalue weighted by Crippen LogP contribution is 2.17. The maximum atomic E-state index is 11.0. The lowest BCUT2D eigenvalue weighted by atomic mass is 10.2. The molecule has 1 unspecified atom stereocenters. The zero-order valence-corrected chi connectivity index (χ0v) is 8.00. The molecule has 5 nitrogen and oxygen atoms in total. The van der Waals surface area contributed by atoms with Crippen LogP contribution in [0.3, 0.4) is 0 Å². The summed E-state index contributed by atoms with van der Waals surface area (Å²) >= 11 is 1.38. The number of rotatable bonds is 4. The molecule has 6 heteroatoms. The van der Waals surface area contributed by atoms with Crippen molar-refractivity contribution in [3.8, 4) is 0 Å². The standard InChI is InChI=1S/C7H11N3O2S/c1-5(6(11)10-8)4-13-7-9-2-3-12-7/h2-3,5H,4,8H2,1H3,(H,10,11). The molecule has 1 rings (SSSR count). The zero-order valence-electron chi connectivity index (χ0n) is 7.19. The van der Waals surface area contributed by atoms with E-state index < -0.39 is 0 Å². The van der Waals surface area contributed by atoms with E-state index in [0.717, 1.165) is 0 Å². The Balaban J connectivity index is 2.30. The molecule has 1 heterocycles. The minimum absolute atomic E-state index is 0.151. The lowest BCUT2D eigenvalue weighted by Crippen LogP contribution is -2.35. The number of thioether (sulfide) groups is 1. The number of aromatic nitrogens is 1. The van der Waals surface area contributed by atoms with E-state index in [9.17, 15) is 4.79 Å². The second-order valence-electron chi connectivity index (χ2n) is 2.52. The maximum Gasteiger partial charge on any atom is 0.255 e. The Labute approximate surface area is 80.0 Å². The van der Waals surface area contributed by atoms with Crippen LogP contribution in [-0.4, -0.2) is 16.6 Å². The van der Waals surface area contributed by atoms with Crippen molar-refractivity contribution in [1.29, 1.82) is 0 Å². The second-order valence-corrected chi connectivity index (χ2v) is 3.49. The average molecular weight is 201 g/mol. The summed E-state index contributed by atoms with van der Waals surface area (Å²) in [5.74, 6) is 5.24. The van der Waals surface area contributed by atoms with Crippen LogP contribution in [0.4, 0.5) is 0 Å². The third-order valence-electron chi connectivity index (χ3n) is 1.46. The van der Waals surface area contributed by atoms with Crippen molar-refractivity contribution in [2.24, 2.45) is 11.8 Å². The first-order valence-corrected chi connectivity index (χ1v) is 4.75. The van der Waals surface area contributed by atoms with Crippen molar-refractivity contribution < 1.29 is 9.21 Å². The lowest BCUT2D eigenvalue weighted by molar-refractivity contribution is -0.123. The van der Waals surface area contributed by atoms with Gasteiger partial charge in [-0.05, 0) is 0 Å². The number of nitrogens with one attached hydrogen (secondary N) is 1. The summed E-state index contributed by atoms with van der Waals surface area (Å²) in [4.78, 5) is 14.9. The first-order chi connectivity index (χ1) is 6.24. The summed E-state index contributed by atoms with van der Waals surface area (Å²) in [6.07, 6.45) is 3.06. The van der Waals surface area contributed by atoms with Crippen LogP contribution in [-0.2, 0) is 4.79 Å². The Kier molecular flexibility index (Phi) is 3.78. The molecule has 1 amide bonds. The normalized spacial score (nSPS) is 12.5. The minimum atomic E-state index is -0.181. The van der Waals surface area contributed by atoms with Crippen LogP contribution in [0.15, 0.2) is 22.1 Å². The summed E-state index contributed by atoms with van der Waals surface area (Å²) < 4.78 is 4.99. The molecule has 13 heavy (non-hydrogen) atoms. The fourth-order valence-corrected chi connectivity index (χ4v) is 1.50. The van der Waals surface area contributed by atoms with Gasteiger partial charge in [0.15, 0.2) is 0 Å². The summed E-state index contributed by atoms with van der Waals surface area (Å²) in [6.45, 7) is 1.79. The van der Waals surface area contributed by atoms with E-state index in [-0.39, 0.29) is 11.8 Å². The monoisotopic (exact) mass is 201 g/mol. The number of hydrazine groups is 1. The Morgan fingerprint density at radius 1 is 1.92 bits per heavy atom. The number of hydrogen-bond donors (Lipinski definition) is 2. The summed E-state index contributed by atoms with van der Waals surface area (Å²) in [6, 6.07) is 0. The van der Waals surface area contributed by atoms with Crippen LogP contribution >= 0.6 is 11.8 Å². The zero-order chi connectivity index (χ0) is 9.68. The van der Waals surface area contributed by atoms with E-state index in [0.29, 0.717) is 11.0 Å². The molecule has 0 radical (unpaired) electrons. The predicted octanol–water partition coefficient (Wildman–Crippen LogP) is 0.393. The summed E-state index contributed by atoms with van der Waals surface area (Å²) in [5, 5.41) is 0.566. The first kappa shape index (κ1) is 10.1. The van der Waals surface area contributed by atoms with Crippen LogP contribution in [0.25, 0.3) is 0 Å². The highest BCUT2D eigenvalue weighted by atomic mass is 32.2. The molecular formula is C7H11N3O2S. The second kappa shape index (κ2) is 4.88. The van der Waals surface area contributed by atoms with Gasteiger partial charge in [-0.1, -0.05) is 18.7 Å². The summed E-state index contributed by atoms with van der Waals surface area (Å²) in [7, 11) is 0. The van der Waals surface area contributed by atoms with Crippen LogP contribution in [0.1, 0.15) is 6.92 Å². The number of nitrogens with zero attached hydrogens (tertiary/aromatic N) is 1. The SMILES string of the molecule is CC(CSc1ncco1)C(=O)NN. The van der Waals surface area contributed by atoms with Crippen molar-refractivity contribution in [2.45, 2.75) is 12.1 Å². The van der Waals surface area contributed by atoms with Gasteiger partial charge in [0, 0.05) is 11.7 Å². The number of nitrogens with two attached hydrogens (primary N) is 1. The van der Waals surface area contributed by atoms with Crippen molar-refractivity contribution >= 4 is 17.7 Å². The Bertz CT molecular complexity index is 263. The molecule has 0 spiro atoms. The van der Waals surface area contributed by atoms with E-state index in [1.165, 1.54) is 18.0 Å². The van der Waals surface area contributed by atoms with Crippen LogP contribution in [0.5, 0.6) is 0 Å². The van der Waals surface area contributed by atoms with Gasteiger partial charge < -0.3 is 4.42 Å². The van der Waals surface area contributed by atoms with E-state index in [4.69, 9.17) is 10.3 Å². The number of hydrogen-bond acceptors (Lipinski definition) is 5. The largest absolute Gasteiger partial charge is 0.440 e. The minimum Gasteiger partial charge on any atom is -0.440 e. The van der Waals surface area contributed by atoms with Crippen LogP contribution in [0, 0.1) is 5.92 Å². The molecule has 1 atom stereocenters. The van der Waals surface area contributed by atoms with Crippen molar-refractivity contribution in [1.82, 2.24) is 10.4 Å². The third-order valence-corrected chi connectivity index (χ3v) is 2.57. The topological polar surface area (TPSA) is 81.2 Å². The highest BCUT2D eigenvalue weighted by molar-refractivity contribution is 7.99. The van der Waals surface area contributed by atoms with Crippen LogP contribution < -0.4 is 11.3 Å². The van der Waals surface area contributed by atoms with Gasteiger partial charge in [0.2, 0.25) is 5.91 Å². The predicted molar refractivity (Wildman–Crippen MR) is 48.7 cm³/mol. The first-order valence-electron chi connectivity index (χ1n) is 3.76. The van der Waals surface area contributed by atoms with Crippen molar-refractivity contribution in [3.05, 3.63) is 12.5 Å². The Hall–Kier alpha value is -1.01. The van der Waals surface area contributed by atoms with E-state index in [1.807, 2.05) is 0 Å². The summed E-state index contributed by atoms with van der Waals surface area (Å²) in [5.41, 5.74) is 2.09. The molecule has 0 aliphatic heterocycles. The molecule has 0 saturated carbocycles. The fourth-order valence-electron chi connectivity index (χ4n) is 0.696. The van der Waals surface area contributed by atoms with Gasteiger partial charge >= 0.3 is 0 Å². The Morgan fingerprint density at radius 2 is 2.69 bits per heavy atom. The Morgan fingerprint density at radius 3 is 3.23 bits per heavy atom. The molecule has 0 aliphatic carbocycles. The molecule has 3 N–H and O–H groups in total. The van der Waals surface area contributed by atoms with E-state index in [1.54, 1.807) is 13.1 Å². The van der Waals surface area contributed by atoms with Crippen molar-refractivity contribution in [3.63, 3.8) is 0 Å². The van der Waals surface area contributed by atoms with Gasteiger partial charge in [0.1, 0.15) is 6.26 Å². The molecule has 0 aliphatic rings. The number of carbonyl (C=O) groups excluding carboxylic acids is 1. The molecule has 0 saturated heterocycles. The van der Waals surface area contributed by atoms with Gasteiger partial charge in [0.25, 0.3) is 5.22 Å². The molecule has 72 valence electrons. The van der Waals surface area contributed by atoms with Crippen molar-refractivity contribution in [2.75, 3.05) is 5.75 Å². The third kappa shape index (κ3) is 3.08. The van der Waals surface area contributed by atoms with Gasteiger partial charge in [-0.25, -0.2) is 10.8 Å². The average Bonchev–Trinajstić information content (AvgIpc) is 2.65. The molecule has 1 aromatic rings. The molecule has 1 aromatic heterocycles. The maximum absolute atomic E-state index is 11.0. The van der Waals surface area contributed by atoms with Gasteiger partial charge in [-0.2, -0.15) is 0 Å². The molecular weight excluding hydrogens is 190 g/mol. The fraction of sp³-hybridized carbons (Fsp3) is 0.429. The van der Waals surface area contributed by atoms with E-state index >= 15 is 0 Å². The van der Waals surface area contributed by atoms with E-state index in [2.05, 4.69) is 10.4 Å². The quantitative estimate of drug-likeness (QED) is 0.319. The molecule has 0 aromatic carbocycles.